The molecule has 59 valence electrons. The SMILES string of the molecule is Nc1cc([N+](=O)[O-])ccc1O.[Na]. The van der Waals surface area contributed by atoms with Gasteiger partial charge < -0.3 is 10.8 Å². The minimum Gasteiger partial charge on any atom is -0.506 e. The van der Waals surface area contributed by atoms with Gasteiger partial charge in [0.1, 0.15) is 5.75 Å². The second-order valence-electron chi connectivity index (χ2n) is 2.00. The molecule has 3 N–H and O–H groups in total. The van der Waals surface area contributed by atoms with Crippen LogP contribution in [-0.4, -0.2) is 39.6 Å². The molecule has 1 aromatic rings. The molecule has 0 aromatic heterocycles. The molecule has 0 spiro atoms. The van der Waals surface area contributed by atoms with Gasteiger partial charge in [0, 0.05) is 41.7 Å². The predicted octanol–water partition coefficient (Wildman–Crippen LogP) is 0.502. The van der Waals surface area contributed by atoms with Crippen molar-refractivity contribution < 1.29 is 10.0 Å². The molecular weight excluding hydrogens is 171 g/mol. The van der Waals surface area contributed by atoms with Crippen molar-refractivity contribution in [3.05, 3.63) is 28.3 Å². The van der Waals surface area contributed by atoms with E-state index in [9.17, 15) is 10.1 Å². The van der Waals surface area contributed by atoms with Crippen LogP contribution in [-0.2, 0) is 0 Å². The predicted molar refractivity (Wildman–Crippen MR) is 44.9 cm³/mol. The number of nitro benzene ring substituents is 1. The molecule has 0 aliphatic heterocycles. The van der Waals surface area contributed by atoms with Gasteiger partial charge in [-0.1, -0.05) is 0 Å². The summed E-state index contributed by atoms with van der Waals surface area (Å²) in [6.07, 6.45) is 0. The fourth-order valence-corrected chi connectivity index (χ4v) is 0.655. The first-order valence-corrected chi connectivity index (χ1v) is 2.84. The number of phenols is 1. The van der Waals surface area contributed by atoms with E-state index in [-0.39, 0.29) is 46.7 Å². The van der Waals surface area contributed by atoms with Gasteiger partial charge in [0.05, 0.1) is 10.6 Å². The van der Waals surface area contributed by atoms with Gasteiger partial charge in [-0.05, 0) is 6.07 Å². The number of rotatable bonds is 1. The van der Waals surface area contributed by atoms with Crippen molar-refractivity contribution in [3.63, 3.8) is 0 Å². The zero-order valence-electron chi connectivity index (χ0n) is 6.52. The molecule has 0 aliphatic carbocycles. The molecule has 0 saturated carbocycles. The maximum Gasteiger partial charge on any atom is 0.271 e. The number of non-ortho nitro benzene ring substituents is 1. The number of hydrogen-bond donors (Lipinski definition) is 2. The Balaban J connectivity index is 0.00000121. The number of phenolic OH excluding ortho intramolecular Hbond substituents is 1. The molecule has 0 heterocycles. The Morgan fingerprint density at radius 3 is 2.50 bits per heavy atom. The summed E-state index contributed by atoms with van der Waals surface area (Å²) in [6.45, 7) is 0. The zero-order chi connectivity index (χ0) is 8.43. The second-order valence-corrected chi connectivity index (χ2v) is 2.00. The first kappa shape index (κ1) is 11.2. The molecule has 1 aromatic carbocycles. The van der Waals surface area contributed by atoms with Gasteiger partial charge in [0.2, 0.25) is 0 Å². The van der Waals surface area contributed by atoms with Crippen molar-refractivity contribution in [2.24, 2.45) is 0 Å². The number of nitrogen functional groups attached to an aromatic ring is 1. The van der Waals surface area contributed by atoms with E-state index in [4.69, 9.17) is 10.8 Å². The summed E-state index contributed by atoms with van der Waals surface area (Å²) in [7, 11) is 0. The largest absolute Gasteiger partial charge is 0.506 e. The van der Waals surface area contributed by atoms with Crippen LogP contribution < -0.4 is 5.73 Å². The molecule has 0 unspecified atom stereocenters. The molecule has 5 nitrogen and oxygen atoms in total. The van der Waals surface area contributed by atoms with Gasteiger partial charge in [0.25, 0.3) is 5.69 Å². The fraction of sp³-hybridized carbons (Fsp3) is 0. The van der Waals surface area contributed by atoms with Crippen LogP contribution in [0.2, 0.25) is 0 Å². The quantitative estimate of drug-likeness (QED) is 0.215. The third-order valence-corrected chi connectivity index (χ3v) is 1.22. The molecule has 6 heteroatoms. The third kappa shape index (κ3) is 2.37. The Morgan fingerprint density at radius 1 is 1.50 bits per heavy atom. The summed E-state index contributed by atoms with van der Waals surface area (Å²) in [5.41, 5.74) is 5.09. The molecule has 0 atom stereocenters. The molecule has 0 aliphatic rings. The van der Waals surface area contributed by atoms with Gasteiger partial charge in [0.15, 0.2) is 0 Å². The number of benzene rings is 1. The summed E-state index contributed by atoms with van der Waals surface area (Å²) >= 11 is 0. The summed E-state index contributed by atoms with van der Waals surface area (Å²) in [4.78, 5) is 9.56. The van der Waals surface area contributed by atoms with Crippen molar-refractivity contribution in [2.45, 2.75) is 0 Å². The van der Waals surface area contributed by atoms with E-state index in [1.807, 2.05) is 0 Å². The smallest absolute Gasteiger partial charge is 0.271 e. The number of nitro groups is 1. The van der Waals surface area contributed by atoms with Crippen LogP contribution in [0.3, 0.4) is 0 Å². The second kappa shape index (κ2) is 4.30. The Labute approximate surface area is 90.6 Å². The standard InChI is InChI=1S/C6H6N2O3.Na/c7-5-3-4(8(10)11)1-2-6(5)9;/h1-3,9H,7H2;. The molecular formula is C6H6N2NaO3. The number of nitrogens with zero attached hydrogens (tertiary/aromatic N) is 1. The van der Waals surface area contributed by atoms with Gasteiger partial charge in [-0.25, -0.2) is 0 Å². The summed E-state index contributed by atoms with van der Waals surface area (Å²) < 4.78 is 0. The van der Waals surface area contributed by atoms with E-state index in [0.717, 1.165) is 6.07 Å². The summed E-state index contributed by atoms with van der Waals surface area (Å²) in [5, 5.41) is 19.0. The van der Waals surface area contributed by atoms with E-state index < -0.39 is 4.92 Å². The molecule has 0 bridgehead atoms. The van der Waals surface area contributed by atoms with Crippen molar-refractivity contribution in [1.29, 1.82) is 0 Å². The van der Waals surface area contributed by atoms with Crippen molar-refractivity contribution in [3.8, 4) is 5.75 Å². The Morgan fingerprint density at radius 2 is 2.08 bits per heavy atom. The molecule has 0 amide bonds. The van der Waals surface area contributed by atoms with Gasteiger partial charge >= 0.3 is 0 Å². The van der Waals surface area contributed by atoms with Crippen molar-refractivity contribution >= 4 is 40.9 Å². The zero-order valence-corrected chi connectivity index (χ0v) is 8.52. The maximum absolute atomic E-state index is 10.1. The van der Waals surface area contributed by atoms with Gasteiger partial charge in [-0.3, -0.25) is 10.1 Å². The van der Waals surface area contributed by atoms with Gasteiger partial charge in [-0.2, -0.15) is 0 Å². The topological polar surface area (TPSA) is 89.4 Å². The number of aromatic hydroxyl groups is 1. The van der Waals surface area contributed by atoms with E-state index in [1.54, 1.807) is 0 Å². The van der Waals surface area contributed by atoms with Crippen LogP contribution in [0.25, 0.3) is 0 Å². The molecule has 1 radical (unpaired) electrons. The van der Waals surface area contributed by atoms with E-state index in [1.165, 1.54) is 12.1 Å². The van der Waals surface area contributed by atoms with E-state index >= 15 is 0 Å². The minimum atomic E-state index is -0.574. The molecule has 12 heavy (non-hydrogen) atoms. The number of nitrogens with two attached hydrogens (primary N) is 1. The van der Waals surface area contributed by atoms with Crippen LogP contribution in [0.1, 0.15) is 0 Å². The normalized spacial score (nSPS) is 8.67. The first-order valence-electron chi connectivity index (χ1n) is 2.84. The van der Waals surface area contributed by atoms with Crippen molar-refractivity contribution in [2.75, 3.05) is 5.73 Å². The van der Waals surface area contributed by atoms with E-state index in [2.05, 4.69) is 0 Å². The third-order valence-electron chi connectivity index (χ3n) is 1.22. The fourth-order valence-electron chi connectivity index (χ4n) is 0.655. The number of anilines is 1. The van der Waals surface area contributed by atoms with Crippen LogP contribution in [0.15, 0.2) is 18.2 Å². The average molecular weight is 177 g/mol. The minimum absolute atomic E-state index is 0. The molecule has 0 fully saturated rings. The van der Waals surface area contributed by atoms with Crippen LogP contribution in [0.5, 0.6) is 5.75 Å². The monoisotopic (exact) mass is 177 g/mol. The van der Waals surface area contributed by atoms with Gasteiger partial charge in [-0.15, -0.1) is 0 Å². The molecule has 1 rings (SSSR count). The maximum atomic E-state index is 10.1. The van der Waals surface area contributed by atoms with Crippen LogP contribution in [0.4, 0.5) is 11.4 Å². The van der Waals surface area contributed by atoms with Crippen LogP contribution in [0, 0.1) is 10.1 Å². The number of hydrogen-bond acceptors (Lipinski definition) is 4. The average Bonchev–Trinajstić information content (AvgIpc) is 1.94. The Bertz CT molecular complexity index is 303. The summed E-state index contributed by atoms with van der Waals surface area (Å²) in [6, 6.07) is 3.48. The Hall–Kier alpha value is -0.780. The van der Waals surface area contributed by atoms with Crippen LogP contribution >= 0.6 is 0 Å². The summed E-state index contributed by atoms with van der Waals surface area (Å²) in [5.74, 6) is -0.143. The van der Waals surface area contributed by atoms with E-state index in [0.29, 0.717) is 0 Å². The van der Waals surface area contributed by atoms with Crippen molar-refractivity contribution in [1.82, 2.24) is 0 Å². The molecule has 0 saturated heterocycles. The Kier molecular flexibility index (Phi) is 4.02. The first-order chi connectivity index (χ1) is 5.11.